The molecule has 0 aliphatic carbocycles. The Balaban J connectivity index is 1.53. The van der Waals surface area contributed by atoms with Gasteiger partial charge in [-0.05, 0) is 74.1 Å². The third-order valence-corrected chi connectivity index (χ3v) is 4.77. The number of hydrogen-bond acceptors (Lipinski definition) is 5. The summed E-state index contributed by atoms with van der Waals surface area (Å²) in [4.78, 5) is 16.8. The largest absolute Gasteiger partial charge is 0.507 e. The van der Waals surface area contributed by atoms with Crippen molar-refractivity contribution < 1.29 is 14.3 Å². The Labute approximate surface area is 178 Å². The first-order valence-corrected chi connectivity index (χ1v) is 9.69. The van der Waals surface area contributed by atoms with Crippen LogP contribution in [-0.2, 0) is 0 Å². The minimum absolute atomic E-state index is 0.0263. The molecular formula is C23H19N3O3S. The first-order chi connectivity index (χ1) is 14.4. The van der Waals surface area contributed by atoms with Crippen LogP contribution in [0.4, 0.5) is 5.69 Å². The number of thiocarbonyl (C=S) groups is 1. The van der Waals surface area contributed by atoms with Crippen molar-refractivity contribution in [3.05, 3.63) is 77.4 Å². The molecular weight excluding hydrogens is 398 g/mol. The van der Waals surface area contributed by atoms with E-state index in [2.05, 4.69) is 15.6 Å². The summed E-state index contributed by atoms with van der Waals surface area (Å²) >= 11 is 5.25. The lowest BCUT2D eigenvalue weighted by atomic mass is 10.1. The van der Waals surface area contributed by atoms with E-state index < -0.39 is 0 Å². The summed E-state index contributed by atoms with van der Waals surface area (Å²) in [6.07, 6.45) is 0. The SMILES string of the molecule is Cc1ccc(C(=O)NC(=S)Nc2ccc(O)c(-c3nc4ccc(C)cc4o3)c2)cc1. The number of phenolic OH excluding ortho intramolecular Hbond substituents is 1. The zero-order valence-corrected chi connectivity index (χ0v) is 17.2. The standard InChI is InChI=1S/C23H19N3O3S/c1-13-3-6-15(7-4-13)21(28)26-23(30)24-16-8-10-19(27)17(12-16)22-25-18-9-5-14(2)11-20(18)29-22/h3-12,27H,1-2H3,(H2,24,26,28,30). The molecule has 1 amide bonds. The molecule has 0 radical (unpaired) electrons. The summed E-state index contributed by atoms with van der Waals surface area (Å²) < 4.78 is 5.81. The minimum Gasteiger partial charge on any atom is -0.507 e. The number of fused-ring (bicyclic) bond motifs is 1. The Bertz CT molecular complexity index is 1260. The van der Waals surface area contributed by atoms with Crippen molar-refractivity contribution in [2.24, 2.45) is 0 Å². The Morgan fingerprint density at radius 2 is 1.73 bits per heavy atom. The number of hydrogen-bond donors (Lipinski definition) is 3. The maximum absolute atomic E-state index is 12.3. The Morgan fingerprint density at radius 1 is 1.00 bits per heavy atom. The van der Waals surface area contributed by atoms with Gasteiger partial charge < -0.3 is 14.8 Å². The van der Waals surface area contributed by atoms with Crippen LogP contribution in [0, 0.1) is 13.8 Å². The summed E-state index contributed by atoms with van der Waals surface area (Å²) in [5.41, 5.74) is 4.98. The molecule has 0 aliphatic rings. The molecule has 0 saturated carbocycles. The van der Waals surface area contributed by atoms with Crippen LogP contribution >= 0.6 is 12.2 Å². The van der Waals surface area contributed by atoms with E-state index in [1.165, 1.54) is 6.07 Å². The average Bonchev–Trinajstić information content (AvgIpc) is 3.12. The van der Waals surface area contributed by atoms with E-state index in [4.69, 9.17) is 16.6 Å². The second kappa shape index (κ2) is 7.96. The van der Waals surface area contributed by atoms with Crippen molar-refractivity contribution in [1.29, 1.82) is 0 Å². The van der Waals surface area contributed by atoms with Crippen LogP contribution in [0.15, 0.2) is 65.1 Å². The number of oxazole rings is 1. The molecule has 1 heterocycles. The normalized spacial score (nSPS) is 10.7. The molecule has 0 unspecified atom stereocenters. The van der Waals surface area contributed by atoms with Crippen LogP contribution in [0.1, 0.15) is 21.5 Å². The topological polar surface area (TPSA) is 87.4 Å². The molecule has 0 bridgehead atoms. The van der Waals surface area contributed by atoms with Crippen molar-refractivity contribution in [2.75, 3.05) is 5.32 Å². The number of carbonyl (C=O) groups is 1. The lowest BCUT2D eigenvalue weighted by Crippen LogP contribution is -2.34. The van der Waals surface area contributed by atoms with Crippen molar-refractivity contribution >= 4 is 40.0 Å². The van der Waals surface area contributed by atoms with Crippen molar-refractivity contribution in [3.63, 3.8) is 0 Å². The number of aromatic hydroxyl groups is 1. The lowest BCUT2D eigenvalue weighted by Gasteiger charge is -2.11. The van der Waals surface area contributed by atoms with Gasteiger partial charge in [0.2, 0.25) is 5.89 Å². The fourth-order valence-electron chi connectivity index (χ4n) is 2.97. The molecule has 0 fully saturated rings. The number of aromatic nitrogens is 1. The van der Waals surface area contributed by atoms with E-state index in [-0.39, 0.29) is 16.8 Å². The molecule has 0 spiro atoms. The van der Waals surface area contributed by atoms with Gasteiger partial charge in [-0.25, -0.2) is 4.98 Å². The molecule has 1 aromatic heterocycles. The number of amides is 1. The summed E-state index contributed by atoms with van der Waals surface area (Å²) in [6, 6.07) is 17.7. The van der Waals surface area contributed by atoms with E-state index in [1.807, 2.05) is 44.2 Å². The van der Waals surface area contributed by atoms with E-state index in [1.54, 1.807) is 24.3 Å². The smallest absolute Gasteiger partial charge is 0.257 e. The van der Waals surface area contributed by atoms with Gasteiger partial charge in [-0.3, -0.25) is 10.1 Å². The Kier molecular flexibility index (Phi) is 5.20. The highest BCUT2D eigenvalue weighted by Crippen LogP contribution is 2.33. The quantitative estimate of drug-likeness (QED) is 0.323. The van der Waals surface area contributed by atoms with Gasteiger partial charge in [0, 0.05) is 11.3 Å². The number of benzene rings is 3. The molecule has 0 saturated heterocycles. The van der Waals surface area contributed by atoms with Crippen molar-refractivity contribution in [3.8, 4) is 17.2 Å². The van der Waals surface area contributed by atoms with E-state index in [9.17, 15) is 9.90 Å². The number of phenols is 1. The number of nitrogens with one attached hydrogen (secondary N) is 2. The molecule has 4 rings (SSSR count). The van der Waals surface area contributed by atoms with Gasteiger partial charge in [-0.15, -0.1) is 0 Å². The van der Waals surface area contributed by atoms with Gasteiger partial charge in [0.15, 0.2) is 10.7 Å². The maximum Gasteiger partial charge on any atom is 0.257 e. The van der Waals surface area contributed by atoms with Crippen molar-refractivity contribution in [2.45, 2.75) is 13.8 Å². The van der Waals surface area contributed by atoms with Crippen LogP contribution in [0.5, 0.6) is 5.75 Å². The number of carbonyl (C=O) groups excluding carboxylic acids is 1. The molecule has 30 heavy (non-hydrogen) atoms. The third kappa shape index (κ3) is 4.16. The van der Waals surface area contributed by atoms with Gasteiger partial charge in [0.05, 0.1) is 5.56 Å². The zero-order valence-electron chi connectivity index (χ0n) is 16.4. The number of nitrogens with zero attached hydrogens (tertiary/aromatic N) is 1. The maximum atomic E-state index is 12.3. The summed E-state index contributed by atoms with van der Waals surface area (Å²) in [6.45, 7) is 3.92. The summed E-state index contributed by atoms with van der Waals surface area (Å²) in [5.74, 6) is 0.0191. The Hall–Kier alpha value is -3.71. The second-order valence-electron chi connectivity index (χ2n) is 7.00. The Morgan fingerprint density at radius 3 is 2.50 bits per heavy atom. The van der Waals surface area contributed by atoms with Gasteiger partial charge in [-0.1, -0.05) is 23.8 Å². The molecule has 7 heteroatoms. The van der Waals surface area contributed by atoms with Crippen LogP contribution in [0.2, 0.25) is 0 Å². The lowest BCUT2D eigenvalue weighted by molar-refractivity contribution is 0.0977. The number of rotatable bonds is 3. The van der Waals surface area contributed by atoms with E-state index >= 15 is 0 Å². The first kappa shape index (κ1) is 19.6. The van der Waals surface area contributed by atoms with Crippen LogP contribution < -0.4 is 10.6 Å². The highest BCUT2D eigenvalue weighted by Gasteiger charge is 2.14. The molecule has 6 nitrogen and oxygen atoms in total. The molecule has 4 aromatic rings. The second-order valence-corrected chi connectivity index (χ2v) is 7.40. The molecule has 3 N–H and O–H groups in total. The van der Waals surface area contributed by atoms with Crippen molar-refractivity contribution in [1.82, 2.24) is 10.3 Å². The number of anilines is 1. The molecule has 0 atom stereocenters. The fraction of sp³-hybridized carbons (Fsp3) is 0.0870. The predicted octanol–water partition coefficient (Wildman–Crippen LogP) is 4.94. The van der Waals surface area contributed by atoms with Gasteiger partial charge in [0.1, 0.15) is 11.3 Å². The average molecular weight is 417 g/mol. The highest BCUT2D eigenvalue weighted by atomic mass is 32.1. The first-order valence-electron chi connectivity index (χ1n) is 9.28. The highest BCUT2D eigenvalue weighted by molar-refractivity contribution is 7.80. The van der Waals surface area contributed by atoms with Crippen LogP contribution in [-0.4, -0.2) is 21.1 Å². The predicted molar refractivity (Wildman–Crippen MR) is 121 cm³/mol. The van der Waals surface area contributed by atoms with E-state index in [0.29, 0.717) is 33.8 Å². The third-order valence-electron chi connectivity index (χ3n) is 4.57. The molecule has 0 aliphatic heterocycles. The number of aryl methyl sites for hydroxylation is 2. The van der Waals surface area contributed by atoms with Gasteiger partial charge >= 0.3 is 0 Å². The van der Waals surface area contributed by atoms with E-state index in [0.717, 1.165) is 11.1 Å². The monoisotopic (exact) mass is 417 g/mol. The summed E-state index contributed by atoms with van der Waals surface area (Å²) in [5, 5.41) is 16.0. The zero-order chi connectivity index (χ0) is 21.3. The van der Waals surface area contributed by atoms with Crippen LogP contribution in [0.25, 0.3) is 22.6 Å². The minimum atomic E-state index is -0.305. The van der Waals surface area contributed by atoms with Crippen LogP contribution in [0.3, 0.4) is 0 Å². The van der Waals surface area contributed by atoms with Gasteiger partial charge in [0.25, 0.3) is 5.91 Å². The fourth-order valence-corrected chi connectivity index (χ4v) is 3.19. The van der Waals surface area contributed by atoms with Gasteiger partial charge in [-0.2, -0.15) is 0 Å². The molecule has 150 valence electrons. The summed E-state index contributed by atoms with van der Waals surface area (Å²) in [7, 11) is 0. The molecule has 3 aromatic carbocycles.